The fourth-order valence-corrected chi connectivity index (χ4v) is 5.90. The predicted molar refractivity (Wildman–Crippen MR) is 127 cm³/mol. The maximum atomic E-state index is 14.6. The number of aromatic nitrogens is 2. The molecule has 0 aliphatic carbocycles. The first kappa shape index (κ1) is 21.7. The molecule has 2 bridgehead atoms. The number of benzene rings is 2. The maximum Gasteiger partial charge on any atom is 0.225 e. The van der Waals surface area contributed by atoms with Crippen LogP contribution in [-0.4, -0.2) is 39.5 Å². The zero-order valence-corrected chi connectivity index (χ0v) is 19.7. The lowest BCUT2D eigenvalue weighted by Gasteiger charge is -2.47. The van der Waals surface area contributed by atoms with Crippen LogP contribution in [0.3, 0.4) is 0 Å². The molecular weight excluding hydrogens is 498 g/mol. The lowest BCUT2D eigenvalue weighted by atomic mass is 9.98. The largest absolute Gasteiger partial charge is 0.349 e. The molecule has 3 aromatic rings. The molecule has 2 saturated heterocycles. The van der Waals surface area contributed by atoms with E-state index in [1.54, 1.807) is 0 Å². The van der Waals surface area contributed by atoms with Crippen molar-refractivity contribution < 1.29 is 8.78 Å². The van der Waals surface area contributed by atoms with Gasteiger partial charge in [-0.15, -0.1) is 6.58 Å². The quantitative estimate of drug-likeness (QED) is 0.231. The Kier molecular flexibility index (Phi) is 5.90. The Morgan fingerprint density at radius 3 is 2.69 bits per heavy atom. The molecule has 4 nitrogen and oxygen atoms in total. The van der Waals surface area contributed by atoms with Crippen LogP contribution in [0.5, 0.6) is 0 Å². The third-order valence-corrected chi connectivity index (χ3v) is 7.55. The van der Waals surface area contributed by atoms with Gasteiger partial charge in [0.15, 0.2) is 5.82 Å². The molecule has 2 aliphatic rings. The van der Waals surface area contributed by atoms with Gasteiger partial charge in [-0.05, 0) is 52.4 Å². The van der Waals surface area contributed by atoms with E-state index >= 15 is 0 Å². The molecule has 3 atom stereocenters. The lowest BCUT2D eigenvalue weighted by molar-refractivity contribution is 0.128. The van der Waals surface area contributed by atoms with Gasteiger partial charge in [-0.3, -0.25) is 4.90 Å². The average molecular weight is 520 g/mol. The highest BCUT2D eigenvalue weighted by Gasteiger charge is 2.46. The first-order valence-corrected chi connectivity index (χ1v) is 11.8. The van der Waals surface area contributed by atoms with Gasteiger partial charge in [-0.25, -0.2) is 13.8 Å². The Morgan fingerprint density at radius 2 is 1.94 bits per heavy atom. The molecule has 5 rings (SSSR count). The monoisotopic (exact) mass is 518 g/mol. The molecule has 0 N–H and O–H groups in total. The van der Waals surface area contributed by atoms with Crippen molar-refractivity contribution in [3.63, 3.8) is 0 Å². The van der Waals surface area contributed by atoms with Crippen molar-refractivity contribution in [2.75, 3.05) is 11.4 Å². The first-order valence-electron chi connectivity index (χ1n) is 10.7. The topological polar surface area (TPSA) is 32.3 Å². The molecule has 3 heterocycles. The van der Waals surface area contributed by atoms with E-state index in [9.17, 15) is 8.78 Å². The molecule has 0 amide bonds. The second-order valence-corrected chi connectivity index (χ2v) is 9.53. The Hall–Kier alpha value is -2.09. The summed E-state index contributed by atoms with van der Waals surface area (Å²) in [6.07, 6.45) is 4.73. The summed E-state index contributed by atoms with van der Waals surface area (Å²) in [5.74, 6) is -0.973. The van der Waals surface area contributed by atoms with E-state index in [1.165, 1.54) is 5.56 Å². The number of hydrogen-bond acceptors (Lipinski definition) is 4. The molecule has 2 unspecified atom stereocenters. The van der Waals surface area contributed by atoms with Gasteiger partial charge >= 0.3 is 0 Å². The van der Waals surface area contributed by atoms with Gasteiger partial charge < -0.3 is 4.90 Å². The SMILES string of the molecule is C=CCC1C2CC[C@@H](CN1c1nc(Cl)nc3c(F)cc(F)c(Br)c13)N2Cc1ccccc1. The normalized spacial score (nSPS) is 23.1. The van der Waals surface area contributed by atoms with Crippen molar-refractivity contribution in [3.8, 4) is 0 Å². The van der Waals surface area contributed by atoms with Crippen LogP contribution in [0.25, 0.3) is 10.9 Å². The van der Waals surface area contributed by atoms with Crippen LogP contribution in [0.1, 0.15) is 24.8 Å². The number of fused-ring (bicyclic) bond motifs is 3. The van der Waals surface area contributed by atoms with Crippen molar-refractivity contribution >= 4 is 44.3 Å². The summed E-state index contributed by atoms with van der Waals surface area (Å²) in [6.45, 7) is 5.53. The van der Waals surface area contributed by atoms with E-state index in [0.29, 0.717) is 23.8 Å². The summed E-state index contributed by atoms with van der Waals surface area (Å²) >= 11 is 9.50. The first-order chi connectivity index (χ1) is 15.5. The molecule has 166 valence electrons. The molecule has 32 heavy (non-hydrogen) atoms. The molecule has 0 radical (unpaired) electrons. The highest BCUT2D eigenvalue weighted by Crippen LogP contribution is 2.42. The minimum absolute atomic E-state index is 0.0182. The number of nitrogens with zero attached hydrogens (tertiary/aromatic N) is 4. The highest BCUT2D eigenvalue weighted by atomic mass is 79.9. The number of anilines is 1. The molecule has 2 fully saturated rings. The predicted octanol–water partition coefficient (Wildman–Crippen LogP) is 6.12. The molecule has 0 spiro atoms. The van der Waals surface area contributed by atoms with E-state index < -0.39 is 11.6 Å². The van der Waals surface area contributed by atoms with Crippen LogP contribution < -0.4 is 4.90 Å². The number of halogens is 4. The molecule has 2 aliphatic heterocycles. The van der Waals surface area contributed by atoms with Crippen LogP contribution in [0.4, 0.5) is 14.6 Å². The molecule has 2 aromatic carbocycles. The van der Waals surface area contributed by atoms with Gasteiger partial charge in [0, 0.05) is 37.3 Å². The summed E-state index contributed by atoms with van der Waals surface area (Å²) in [7, 11) is 0. The summed E-state index contributed by atoms with van der Waals surface area (Å²) in [6, 6.07) is 11.9. The number of piperazine rings is 1. The van der Waals surface area contributed by atoms with Crippen molar-refractivity contribution in [3.05, 3.63) is 76.0 Å². The van der Waals surface area contributed by atoms with Gasteiger partial charge in [-0.1, -0.05) is 36.4 Å². The van der Waals surface area contributed by atoms with Crippen LogP contribution in [0.2, 0.25) is 5.28 Å². The fraction of sp³-hybridized carbons (Fsp3) is 0.333. The lowest BCUT2D eigenvalue weighted by Crippen LogP contribution is -2.59. The summed E-state index contributed by atoms with van der Waals surface area (Å²) < 4.78 is 29.2. The smallest absolute Gasteiger partial charge is 0.225 e. The third-order valence-electron chi connectivity index (χ3n) is 6.60. The molecule has 1 aromatic heterocycles. The van der Waals surface area contributed by atoms with Gasteiger partial charge in [0.05, 0.1) is 9.86 Å². The van der Waals surface area contributed by atoms with Gasteiger partial charge in [0.2, 0.25) is 5.28 Å². The van der Waals surface area contributed by atoms with Crippen molar-refractivity contribution in [1.29, 1.82) is 0 Å². The molecule has 8 heteroatoms. The third kappa shape index (κ3) is 3.70. The highest BCUT2D eigenvalue weighted by molar-refractivity contribution is 9.10. The second-order valence-electron chi connectivity index (χ2n) is 8.39. The van der Waals surface area contributed by atoms with E-state index in [-0.39, 0.29) is 27.4 Å². The van der Waals surface area contributed by atoms with Crippen LogP contribution >= 0.6 is 27.5 Å². The minimum atomic E-state index is -0.753. The Labute approximate surface area is 199 Å². The fourth-order valence-electron chi connectivity index (χ4n) is 5.25. The Bertz CT molecular complexity index is 1180. The number of rotatable bonds is 5. The van der Waals surface area contributed by atoms with E-state index in [1.807, 2.05) is 12.1 Å². The van der Waals surface area contributed by atoms with Crippen molar-refractivity contribution in [2.45, 2.75) is 43.9 Å². The molecule has 0 saturated carbocycles. The standard InChI is InChI=1S/C24H22BrClF2N4/c1-2-6-18-19-10-9-15(31(19)12-14-7-4-3-5-8-14)13-32(18)23-20-21(25)16(27)11-17(28)22(20)29-24(26)30-23/h2-5,7-8,11,15,18-19H,1,6,9-10,12-13H2/t15-,18?,19?/m0/s1. The Morgan fingerprint density at radius 1 is 1.16 bits per heavy atom. The zero-order chi connectivity index (χ0) is 22.4. The van der Waals surface area contributed by atoms with Gasteiger partial charge in [0.1, 0.15) is 17.2 Å². The van der Waals surface area contributed by atoms with E-state index in [2.05, 4.69) is 66.5 Å². The maximum absolute atomic E-state index is 14.6. The minimum Gasteiger partial charge on any atom is -0.349 e. The van der Waals surface area contributed by atoms with Crippen LogP contribution in [0, 0.1) is 11.6 Å². The summed E-state index contributed by atoms with van der Waals surface area (Å²) in [4.78, 5) is 13.2. The van der Waals surface area contributed by atoms with Crippen molar-refractivity contribution in [1.82, 2.24) is 14.9 Å². The summed E-state index contributed by atoms with van der Waals surface area (Å²) in [5, 5.41) is 0.262. The van der Waals surface area contributed by atoms with E-state index in [0.717, 1.165) is 31.9 Å². The van der Waals surface area contributed by atoms with Gasteiger partial charge in [0.25, 0.3) is 0 Å². The molecular formula is C24H22BrClF2N4. The van der Waals surface area contributed by atoms with Gasteiger partial charge in [-0.2, -0.15) is 4.98 Å². The van der Waals surface area contributed by atoms with E-state index in [4.69, 9.17) is 11.6 Å². The van der Waals surface area contributed by atoms with Crippen molar-refractivity contribution in [2.24, 2.45) is 0 Å². The number of hydrogen-bond donors (Lipinski definition) is 0. The van der Waals surface area contributed by atoms with Crippen LogP contribution in [0.15, 0.2) is 53.5 Å². The average Bonchev–Trinajstić information content (AvgIpc) is 3.06. The Balaban J connectivity index is 1.59. The summed E-state index contributed by atoms with van der Waals surface area (Å²) in [5.41, 5.74) is 1.29. The zero-order valence-electron chi connectivity index (χ0n) is 17.3. The second kappa shape index (κ2) is 8.69. The van der Waals surface area contributed by atoms with Crippen LogP contribution in [-0.2, 0) is 6.54 Å².